The smallest absolute Gasteiger partial charge is 0.326 e. The Kier molecular flexibility index (Phi) is 12.3. The number of rotatable bonds is 17. The van der Waals surface area contributed by atoms with Crippen LogP contribution in [0.25, 0.3) is 11.2 Å². The second-order valence-corrected chi connectivity index (χ2v) is 12.7. The first-order valence-corrected chi connectivity index (χ1v) is 15.2. The van der Waals surface area contributed by atoms with E-state index in [9.17, 15) is 14.2 Å². The number of fused-ring (bicyclic) bond motifs is 1. The van der Waals surface area contributed by atoms with Gasteiger partial charge in [-0.1, -0.05) is 19.8 Å². The van der Waals surface area contributed by atoms with Gasteiger partial charge in [-0.2, -0.15) is 0 Å². The third kappa shape index (κ3) is 10.5. The van der Waals surface area contributed by atoms with Gasteiger partial charge in [-0.25, -0.2) is 25.1 Å². The number of imidazole rings is 1. The maximum Gasteiger partial charge on any atom is 0.326 e. The fourth-order valence-corrected chi connectivity index (χ4v) is 6.32. The van der Waals surface area contributed by atoms with Crippen molar-refractivity contribution in [3.8, 4) is 0 Å². The van der Waals surface area contributed by atoms with Crippen molar-refractivity contribution in [2.45, 2.75) is 104 Å². The molecule has 13 nitrogen and oxygen atoms in total. The topological polar surface area (TPSA) is 173 Å². The molecule has 1 unspecified atom stereocenters. The first-order chi connectivity index (χ1) is 18.3. The molecule has 220 valence electrons. The van der Waals surface area contributed by atoms with E-state index in [0.29, 0.717) is 17.7 Å². The van der Waals surface area contributed by atoms with E-state index in [1.54, 1.807) is 45.5 Å². The SMILES string of the molecule is CCCCCOC(=O)C(C)(C)NP(=O)(CO[C@H](C)Cn1cnc2c(N)ncnc21)N[C@@H](C)CC(=O)OC(C)C. The van der Waals surface area contributed by atoms with Crippen molar-refractivity contribution in [3.05, 3.63) is 12.7 Å². The first kappa shape index (κ1) is 32.6. The molecule has 39 heavy (non-hydrogen) atoms. The summed E-state index contributed by atoms with van der Waals surface area (Å²) in [5, 5.41) is 5.93. The van der Waals surface area contributed by atoms with E-state index >= 15 is 0 Å². The number of hydrogen-bond donors (Lipinski definition) is 3. The highest BCUT2D eigenvalue weighted by Gasteiger charge is 2.38. The lowest BCUT2D eigenvalue weighted by molar-refractivity contribution is -0.150. The molecule has 0 aliphatic carbocycles. The molecular formula is C25H44N7O6P. The average molecular weight is 570 g/mol. The summed E-state index contributed by atoms with van der Waals surface area (Å²) in [6.07, 6.45) is 4.70. The minimum Gasteiger partial charge on any atom is -0.464 e. The molecule has 0 aliphatic rings. The summed E-state index contributed by atoms with van der Waals surface area (Å²) in [5.74, 6) is -0.671. The number of nitrogen functional groups attached to an aromatic ring is 1. The van der Waals surface area contributed by atoms with Crippen molar-refractivity contribution in [1.82, 2.24) is 29.7 Å². The Hall–Kier alpha value is -2.60. The van der Waals surface area contributed by atoms with Crippen LogP contribution in [0, 0.1) is 0 Å². The van der Waals surface area contributed by atoms with Gasteiger partial charge in [-0.15, -0.1) is 0 Å². The quantitative estimate of drug-likeness (QED) is 0.144. The van der Waals surface area contributed by atoms with Crippen LogP contribution in [0.15, 0.2) is 12.7 Å². The predicted octanol–water partition coefficient (Wildman–Crippen LogP) is 3.39. The maximum atomic E-state index is 14.1. The molecule has 4 N–H and O–H groups in total. The van der Waals surface area contributed by atoms with E-state index in [1.807, 2.05) is 6.92 Å². The summed E-state index contributed by atoms with van der Waals surface area (Å²) in [6.45, 7) is 13.0. The molecule has 0 bridgehead atoms. The van der Waals surface area contributed by atoms with E-state index in [1.165, 1.54) is 6.33 Å². The summed E-state index contributed by atoms with van der Waals surface area (Å²) in [4.78, 5) is 37.4. The van der Waals surface area contributed by atoms with Gasteiger partial charge in [0.25, 0.3) is 0 Å². The van der Waals surface area contributed by atoms with Gasteiger partial charge in [0.2, 0.25) is 7.44 Å². The van der Waals surface area contributed by atoms with Crippen molar-refractivity contribution in [2.75, 3.05) is 18.7 Å². The minimum absolute atomic E-state index is 0.0105. The molecule has 2 heterocycles. The standard InChI is InChI=1S/C25H44N7O6P/c1-8-9-10-11-36-24(34)25(6,7)31-39(35,30-18(4)12-20(33)38-17(2)3)16-37-19(5)13-32-15-29-21-22(26)27-14-28-23(21)32/h14-15,17-19H,8-13,16H2,1-7H3,(H2,26,27,28)(H2,30,31,35)/t18-,19+,39?/m0/s1. The molecule has 0 aliphatic heterocycles. The molecule has 0 fully saturated rings. The van der Waals surface area contributed by atoms with E-state index in [2.05, 4.69) is 32.1 Å². The van der Waals surface area contributed by atoms with Gasteiger partial charge in [-0.05, 0) is 48.0 Å². The molecular weight excluding hydrogens is 525 g/mol. The van der Waals surface area contributed by atoms with E-state index in [4.69, 9.17) is 19.9 Å². The summed E-state index contributed by atoms with van der Waals surface area (Å²) in [6, 6.07) is -0.526. The number of esters is 2. The lowest BCUT2D eigenvalue weighted by Crippen LogP contribution is -2.49. The average Bonchev–Trinajstić information content (AvgIpc) is 3.23. The van der Waals surface area contributed by atoms with E-state index in [0.717, 1.165) is 19.3 Å². The molecule has 0 aromatic carbocycles. The number of ether oxygens (including phenoxy) is 3. The van der Waals surface area contributed by atoms with Crippen LogP contribution in [0.4, 0.5) is 5.82 Å². The fourth-order valence-electron chi connectivity index (χ4n) is 3.85. The Morgan fingerprint density at radius 2 is 1.87 bits per heavy atom. The van der Waals surface area contributed by atoms with Crippen molar-refractivity contribution in [2.24, 2.45) is 0 Å². The molecule has 0 spiro atoms. The first-order valence-electron chi connectivity index (χ1n) is 13.3. The number of anilines is 1. The van der Waals surface area contributed by atoms with Crippen molar-refractivity contribution in [1.29, 1.82) is 0 Å². The van der Waals surface area contributed by atoms with Crippen LogP contribution in [0.3, 0.4) is 0 Å². The Balaban J connectivity index is 2.12. The monoisotopic (exact) mass is 569 g/mol. The number of carbonyl (C=O) groups is 2. The Labute approximate surface area is 230 Å². The summed E-state index contributed by atoms with van der Waals surface area (Å²) in [5.41, 5.74) is 5.63. The Bertz CT molecular complexity index is 1140. The molecule has 14 heteroatoms. The Morgan fingerprint density at radius 1 is 1.15 bits per heavy atom. The summed E-state index contributed by atoms with van der Waals surface area (Å²) in [7, 11) is -3.59. The highest BCUT2D eigenvalue weighted by molar-refractivity contribution is 7.59. The summed E-state index contributed by atoms with van der Waals surface area (Å²) >= 11 is 0. The van der Waals surface area contributed by atoms with Gasteiger partial charge < -0.3 is 24.5 Å². The van der Waals surface area contributed by atoms with E-state index < -0.39 is 37.1 Å². The zero-order chi connectivity index (χ0) is 29.2. The number of nitrogens with one attached hydrogen (secondary N) is 2. The zero-order valence-corrected chi connectivity index (χ0v) is 25.0. The molecule has 3 atom stereocenters. The van der Waals surface area contributed by atoms with Gasteiger partial charge in [0, 0.05) is 6.04 Å². The molecule has 2 aromatic heterocycles. The largest absolute Gasteiger partial charge is 0.464 e. The Morgan fingerprint density at radius 3 is 2.54 bits per heavy atom. The molecule has 0 saturated carbocycles. The van der Waals surface area contributed by atoms with Gasteiger partial charge in [0.1, 0.15) is 23.7 Å². The number of unbranched alkanes of at least 4 members (excludes halogenated alkanes) is 2. The van der Waals surface area contributed by atoms with Crippen LogP contribution in [0.5, 0.6) is 0 Å². The lowest BCUT2D eigenvalue weighted by Gasteiger charge is -2.32. The second-order valence-electron chi connectivity index (χ2n) is 10.5. The number of nitrogens with two attached hydrogens (primary N) is 1. The molecule has 2 rings (SSSR count). The van der Waals surface area contributed by atoms with Crippen molar-refractivity contribution >= 4 is 36.4 Å². The maximum absolute atomic E-state index is 14.1. The van der Waals surface area contributed by atoms with Crippen LogP contribution < -0.4 is 15.9 Å². The number of aromatic nitrogens is 4. The van der Waals surface area contributed by atoms with Crippen molar-refractivity contribution < 1.29 is 28.4 Å². The minimum atomic E-state index is -3.59. The van der Waals surface area contributed by atoms with Crippen LogP contribution >= 0.6 is 7.44 Å². The molecule has 0 saturated heterocycles. The highest BCUT2D eigenvalue weighted by atomic mass is 31.2. The number of carbonyl (C=O) groups excluding carboxylic acids is 2. The fraction of sp³-hybridized carbons (Fsp3) is 0.720. The summed E-state index contributed by atoms with van der Waals surface area (Å²) < 4.78 is 32.5. The third-order valence-electron chi connectivity index (χ3n) is 5.64. The van der Waals surface area contributed by atoms with Crippen LogP contribution in [-0.4, -0.2) is 68.2 Å². The van der Waals surface area contributed by atoms with Gasteiger partial charge in [0.05, 0.1) is 38.1 Å². The van der Waals surface area contributed by atoms with Gasteiger partial charge >= 0.3 is 11.9 Å². The molecule has 2 aromatic rings. The van der Waals surface area contributed by atoms with Crippen molar-refractivity contribution in [3.63, 3.8) is 0 Å². The normalized spacial score (nSPS) is 15.2. The molecule has 0 radical (unpaired) electrons. The second kappa shape index (κ2) is 14.7. The van der Waals surface area contributed by atoms with Crippen LogP contribution in [-0.2, 0) is 34.9 Å². The zero-order valence-electron chi connectivity index (χ0n) is 24.1. The van der Waals surface area contributed by atoms with Gasteiger partial charge in [0.15, 0.2) is 11.5 Å². The highest BCUT2D eigenvalue weighted by Crippen LogP contribution is 2.40. The van der Waals surface area contributed by atoms with Crippen LogP contribution in [0.2, 0.25) is 0 Å². The van der Waals surface area contributed by atoms with Gasteiger partial charge in [-0.3, -0.25) is 14.2 Å². The van der Waals surface area contributed by atoms with Crippen LogP contribution in [0.1, 0.15) is 74.1 Å². The molecule has 0 amide bonds. The number of hydrogen-bond acceptors (Lipinski definition) is 10. The van der Waals surface area contributed by atoms with E-state index in [-0.39, 0.29) is 31.3 Å². The predicted molar refractivity (Wildman–Crippen MR) is 149 cm³/mol. The lowest BCUT2D eigenvalue weighted by atomic mass is 10.1. The number of nitrogens with zero attached hydrogens (tertiary/aromatic N) is 4. The third-order valence-corrected chi connectivity index (χ3v) is 7.94.